The second-order valence-corrected chi connectivity index (χ2v) is 12.8. The van der Waals surface area contributed by atoms with E-state index in [0.29, 0.717) is 25.2 Å². The minimum Gasteiger partial charge on any atom is -0.458 e. The van der Waals surface area contributed by atoms with E-state index < -0.39 is 5.41 Å². The van der Waals surface area contributed by atoms with Crippen molar-refractivity contribution in [3.63, 3.8) is 0 Å². The molecular weight excluding hydrogens is 458 g/mol. The Morgan fingerprint density at radius 1 is 1.20 bits per heavy atom. The van der Waals surface area contributed by atoms with E-state index in [2.05, 4.69) is 25.8 Å². The van der Waals surface area contributed by atoms with Crippen LogP contribution in [0.3, 0.4) is 0 Å². The molecule has 0 aliphatic carbocycles. The zero-order valence-electron chi connectivity index (χ0n) is 22.9. The highest BCUT2D eigenvalue weighted by Crippen LogP contribution is 2.57. The van der Waals surface area contributed by atoms with Gasteiger partial charge in [-0.05, 0) is 64.0 Å². The maximum absolute atomic E-state index is 13.0. The fraction of sp³-hybridized carbons (Fsp3) is 0.759. The van der Waals surface area contributed by atoms with Crippen molar-refractivity contribution in [3.05, 3.63) is 21.7 Å². The van der Waals surface area contributed by atoms with Gasteiger partial charge in [0.25, 0.3) is 0 Å². The van der Waals surface area contributed by atoms with Gasteiger partial charge in [-0.1, -0.05) is 47.0 Å². The number of ketones is 1. The first-order valence-electron chi connectivity index (χ1n) is 13.4. The molecule has 4 atom stereocenters. The van der Waals surface area contributed by atoms with E-state index >= 15 is 0 Å². The Hall–Kier alpha value is -1.53. The first-order valence-corrected chi connectivity index (χ1v) is 14.3. The number of carbonyl (C=O) groups excluding carboxylic acids is 2. The van der Waals surface area contributed by atoms with Gasteiger partial charge in [-0.15, -0.1) is 11.3 Å². The summed E-state index contributed by atoms with van der Waals surface area (Å²) < 4.78 is 12.7. The third-order valence-electron chi connectivity index (χ3n) is 8.23. The Morgan fingerprint density at radius 2 is 1.94 bits per heavy atom. The maximum Gasteiger partial charge on any atom is 0.306 e. The molecule has 0 saturated carbocycles. The van der Waals surface area contributed by atoms with Crippen LogP contribution in [0.1, 0.15) is 116 Å². The third kappa shape index (κ3) is 7.03. The first kappa shape index (κ1) is 28.0. The number of epoxide rings is 1. The number of ether oxygens (including phenoxy) is 2. The molecule has 0 radical (unpaired) electrons. The number of aromatic nitrogens is 1. The van der Waals surface area contributed by atoms with E-state index in [-0.39, 0.29) is 35.5 Å². The van der Waals surface area contributed by atoms with Crippen molar-refractivity contribution in [2.24, 2.45) is 11.3 Å². The molecule has 0 spiro atoms. The molecule has 2 aliphatic rings. The topological polar surface area (TPSA) is 68.8 Å². The van der Waals surface area contributed by atoms with Gasteiger partial charge in [-0.2, -0.15) is 0 Å². The fourth-order valence-corrected chi connectivity index (χ4v) is 6.12. The van der Waals surface area contributed by atoms with Crippen LogP contribution in [0, 0.1) is 18.3 Å². The van der Waals surface area contributed by atoms with E-state index in [0.717, 1.165) is 54.8 Å². The summed E-state index contributed by atoms with van der Waals surface area (Å²) in [4.78, 5) is 30.5. The monoisotopic (exact) mass is 503 g/mol. The second kappa shape index (κ2) is 11.2. The minimum atomic E-state index is -0.518. The summed E-state index contributed by atoms with van der Waals surface area (Å²) in [5.74, 6) is 0.512. The summed E-state index contributed by atoms with van der Waals surface area (Å²) in [5, 5.41) is 3.05. The summed E-state index contributed by atoms with van der Waals surface area (Å²) in [6.07, 6.45) is 9.72. The summed E-state index contributed by atoms with van der Waals surface area (Å²) in [6, 6.07) is 0. The van der Waals surface area contributed by atoms with E-state index in [4.69, 9.17) is 9.47 Å². The van der Waals surface area contributed by atoms with Gasteiger partial charge in [0, 0.05) is 30.1 Å². The lowest BCUT2D eigenvalue weighted by atomic mass is 9.79. The minimum absolute atomic E-state index is 0.195. The SMILES string of the molecule is CCCC12CC(C(C)=Cc3csc(C)n3)OC(=O)CCC(C)(C)C(=O)CCC(C)CCCC1(C)O2. The van der Waals surface area contributed by atoms with Crippen molar-refractivity contribution in [3.8, 4) is 0 Å². The zero-order chi connectivity index (χ0) is 25.9. The van der Waals surface area contributed by atoms with E-state index in [9.17, 15) is 9.59 Å². The molecule has 2 aliphatic heterocycles. The molecule has 0 aromatic carbocycles. The van der Waals surface area contributed by atoms with E-state index in [1.54, 1.807) is 11.3 Å². The number of thiazole rings is 1. The van der Waals surface area contributed by atoms with Crippen molar-refractivity contribution in [1.82, 2.24) is 4.98 Å². The van der Waals surface area contributed by atoms with Crippen molar-refractivity contribution in [2.75, 3.05) is 0 Å². The van der Waals surface area contributed by atoms with Crippen molar-refractivity contribution in [1.29, 1.82) is 0 Å². The second-order valence-electron chi connectivity index (χ2n) is 11.8. The highest BCUT2D eigenvalue weighted by atomic mass is 32.1. The Bertz CT molecular complexity index is 935. The highest BCUT2D eigenvalue weighted by Gasteiger charge is 2.65. The van der Waals surface area contributed by atoms with Crippen LogP contribution < -0.4 is 0 Å². The molecule has 6 heteroatoms. The Labute approximate surface area is 216 Å². The average Bonchev–Trinajstić information content (AvgIpc) is 3.11. The number of cyclic esters (lactones) is 1. The zero-order valence-corrected chi connectivity index (χ0v) is 23.7. The highest BCUT2D eigenvalue weighted by molar-refractivity contribution is 7.09. The number of fused-ring (bicyclic) bond motifs is 1. The lowest BCUT2D eigenvalue weighted by Crippen LogP contribution is -2.33. The van der Waals surface area contributed by atoms with Gasteiger partial charge in [0.1, 0.15) is 17.5 Å². The van der Waals surface area contributed by atoms with Gasteiger partial charge < -0.3 is 9.47 Å². The van der Waals surface area contributed by atoms with Crippen LogP contribution in [-0.4, -0.2) is 34.0 Å². The number of nitrogens with zero attached hydrogens (tertiary/aromatic N) is 1. The molecule has 35 heavy (non-hydrogen) atoms. The molecule has 1 aromatic heterocycles. The largest absolute Gasteiger partial charge is 0.458 e. The van der Waals surface area contributed by atoms with Gasteiger partial charge in [-0.25, -0.2) is 4.98 Å². The predicted octanol–water partition coefficient (Wildman–Crippen LogP) is 7.46. The van der Waals surface area contributed by atoms with Crippen LogP contribution in [0.4, 0.5) is 0 Å². The summed E-state index contributed by atoms with van der Waals surface area (Å²) in [7, 11) is 0. The Balaban J connectivity index is 1.87. The van der Waals surface area contributed by atoms with Crippen LogP contribution in [0.2, 0.25) is 0 Å². The van der Waals surface area contributed by atoms with Gasteiger partial charge in [0.05, 0.1) is 16.3 Å². The molecule has 3 rings (SSSR count). The predicted molar refractivity (Wildman–Crippen MR) is 142 cm³/mol. The molecule has 0 N–H and O–H groups in total. The molecule has 2 saturated heterocycles. The lowest BCUT2D eigenvalue weighted by Gasteiger charge is -2.27. The standard InChI is InChI=1S/C29H45NO4S/c1-8-14-29-18-24(21(3)17-23-19-35-22(4)30-23)33-26(32)13-16-27(5,6)25(31)12-11-20(2)10-9-15-28(29,7)34-29/h17,19-20,24H,8-16,18H2,1-7H3. The lowest BCUT2D eigenvalue weighted by molar-refractivity contribution is -0.149. The number of esters is 1. The maximum atomic E-state index is 13.0. The van der Waals surface area contributed by atoms with Crippen LogP contribution in [0.5, 0.6) is 0 Å². The normalized spacial score (nSPS) is 33.2. The van der Waals surface area contributed by atoms with Crippen molar-refractivity contribution < 1.29 is 19.1 Å². The smallest absolute Gasteiger partial charge is 0.306 e. The average molecular weight is 504 g/mol. The van der Waals surface area contributed by atoms with Gasteiger partial charge in [-0.3, -0.25) is 9.59 Å². The number of hydrogen-bond donors (Lipinski definition) is 0. The quantitative estimate of drug-likeness (QED) is 0.315. The van der Waals surface area contributed by atoms with Crippen LogP contribution in [0.25, 0.3) is 6.08 Å². The van der Waals surface area contributed by atoms with Crippen LogP contribution in [0.15, 0.2) is 11.0 Å². The molecule has 4 unspecified atom stereocenters. The molecule has 0 amide bonds. The molecule has 0 bridgehead atoms. The van der Waals surface area contributed by atoms with E-state index in [1.807, 2.05) is 39.2 Å². The number of Topliss-reactive ketones (excluding diaryl/α,β-unsaturated/α-hetero) is 1. The third-order valence-corrected chi connectivity index (χ3v) is 9.02. The molecule has 2 fully saturated rings. The number of hydrogen-bond acceptors (Lipinski definition) is 6. The summed E-state index contributed by atoms with van der Waals surface area (Å²) in [6.45, 7) is 14.6. The van der Waals surface area contributed by atoms with Crippen molar-refractivity contribution in [2.45, 2.75) is 130 Å². The van der Waals surface area contributed by atoms with Gasteiger partial charge in [0.2, 0.25) is 0 Å². The summed E-state index contributed by atoms with van der Waals surface area (Å²) in [5.41, 5.74) is 0.908. The molecule has 1 aromatic rings. The van der Waals surface area contributed by atoms with Crippen LogP contribution >= 0.6 is 11.3 Å². The molecule has 3 heterocycles. The van der Waals surface area contributed by atoms with Crippen molar-refractivity contribution >= 4 is 29.2 Å². The van der Waals surface area contributed by atoms with Crippen LogP contribution in [-0.2, 0) is 19.1 Å². The Morgan fingerprint density at radius 3 is 2.60 bits per heavy atom. The first-order chi connectivity index (χ1) is 16.4. The fourth-order valence-electron chi connectivity index (χ4n) is 5.55. The molecule has 196 valence electrons. The van der Waals surface area contributed by atoms with E-state index in [1.165, 1.54) is 0 Å². The van der Waals surface area contributed by atoms with Gasteiger partial charge >= 0.3 is 5.97 Å². The summed E-state index contributed by atoms with van der Waals surface area (Å²) >= 11 is 1.62. The number of aryl methyl sites for hydroxylation is 1. The molecule has 5 nitrogen and oxygen atoms in total. The Kier molecular flexibility index (Phi) is 9.01. The number of carbonyl (C=O) groups is 2. The molecular formula is C29H45NO4S. The number of rotatable bonds is 4. The van der Waals surface area contributed by atoms with Gasteiger partial charge in [0.15, 0.2) is 0 Å².